The van der Waals surface area contributed by atoms with Gasteiger partial charge >= 0.3 is 5.97 Å². The average molecular weight is 371 g/mol. The summed E-state index contributed by atoms with van der Waals surface area (Å²) in [5, 5.41) is 20.9. The molecule has 1 aliphatic heterocycles. The molecule has 6 nitrogen and oxygen atoms in total. The summed E-state index contributed by atoms with van der Waals surface area (Å²) in [4.78, 5) is 13.9. The van der Waals surface area contributed by atoms with E-state index < -0.39 is 17.6 Å². The zero-order chi connectivity index (χ0) is 19.4. The Hall–Kier alpha value is -2.57. The first kappa shape index (κ1) is 19.2. The van der Waals surface area contributed by atoms with E-state index in [2.05, 4.69) is 0 Å². The van der Waals surface area contributed by atoms with E-state index in [4.69, 9.17) is 9.47 Å². The number of aliphatic hydroxyl groups is 1. The highest BCUT2D eigenvalue weighted by Crippen LogP contribution is 2.37. The van der Waals surface area contributed by atoms with Gasteiger partial charge in [-0.2, -0.15) is 0 Å². The molecule has 27 heavy (non-hydrogen) atoms. The second kappa shape index (κ2) is 7.98. The quantitative estimate of drug-likeness (QED) is 0.813. The molecule has 2 aromatic rings. The van der Waals surface area contributed by atoms with Crippen molar-refractivity contribution in [1.29, 1.82) is 0 Å². The van der Waals surface area contributed by atoms with Crippen molar-refractivity contribution in [2.75, 3.05) is 27.3 Å². The predicted octanol–water partition coefficient (Wildman–Crippen LogP) is 2.81. The summed E-state index contributed by atoms with van der Waals surface area (Å²) in [5.41, 5.74) is 0.552. The molecule has 2 aromatic carbocycles. The van der Waals surface area contributed by atoms with Crippen LogP contribution >= 0.6 is 0 Å². The van der Waals surface area contributed by atoms with Crippen LogP contribution in [0.25, 0.3) is 0 Å². The summed E-state index contributed by atoms with van der Waals surface area (Å²) in [6, 6.07) is 13.9. The maximum absolute atomic E-state index is 12.0. The smallest absolute Gasteiger partial charge is 0.325 e. The number of hydrogen-bond acceptors (Lipinski definition) is 5. The fourth-order valence-corrected chi connectivity index (χ4v) is 3.69. The summed E-state index contributed by atoms with van der Waals surface area (Å²) in [5.74, 6) is 0.164. The van der Waals surface area contributed by atoms with Crippen LogP contribution in [0.2, 0.25) is 0 Å². The van der Waals surface area contributed by atoms with Crippen LogP contribution in [0.15, 0.2) is 48.5 Å². The van der Waals surface area contributed by atoms with E-state index in [1.165, 1.54) is 14.2 Å². The van der Waals surface area contributed by atoms with Gasteiger partial charge in [0, 0.05) is 19.2 Å². The zero-order valence-electron chi connectivity index (χ0n) is 15.6. The second-order valence-corrected chi connectivity index (χ2v) is 6.82. The van der Waals surface area contributed by atoms with Crippen molar-refractivity contribution in [3.05, 3.63) is 59.7 Å². The fraction of sp³-hybridized carbons (Fsp3) is 0.381. The third-order valence-electron chi connectivity index (χ3n) is 5.22. The van der Waals surface area contributed by atoms with Crippen molar-refractivity contribution in [3.63, 3.8) is 0 Å². The van der Waals surface area contributed by atoms with Crippen molar-refractivity contribution in [1.82, 2.24) is 4.90 Å². The SMILES string of the molecule is COc1cc(OC)cc([C@H](C(=O)O)N2CCC(O)(c3ccccc3)CC2)c1. The second-order valence-electron chi connectivity index (χ2n) is 6.82. The number of likely N-dealkylation sites (tertiary alicyclic amines) is 1. The van der Waals surface area contributed by atoms with E-state index >= 15 is 0 Å². The average Bonchev–Trinajstić information content (AvgIpc) is 2.70. The Balaban J connectivity index is 1.83. The van der Waals surface area contributed by atoms with Crippen LogP contribution in [0.5, 0.6) is 11.5 Å². The van der Waals surface area contributed by atoms with Crippen LogP contribution in [0.3, 0.4) is 0 Å². The molecular weight excluding hydrogens is 346 g/mol. The number of carboxylic acids is 1. The first-order chi connectivity index (χ1) is 13.0. The van der Waals surface area contributed by atoms with E-state index in [1.807, 2.05) is 35.2 Å². The minimum Gasteiger partial charge on any atom is -0.497 e. The third-order valence-corrected chi connectivity index (χ3v) is 5.22. The van der Waals surface area contributed by atoms with Gasteiger partial charge in [-0.1, -0.05) is 30.3 Å². The molecule has 1 heterocycles. The molecular formula is C21H25NO5. The van der Waals surface area contributed by atoms with Gasteiger partial charge in [0.25, 0.3) is 0 Å². The maximum atomic E-state index is 12.0. The normalized spacial score (nSPS) is 17.9. The Morgan fingerprint density at radius 1 is 1.04 bits per heavy atom. The van der Waals surface area contributed by atoms with Gasteiger partial charge in [0.2, 0.25) is 0 Å². The van der Waals surface area contributed by atoms with E-state index in [0.717, 1.165) is 5.56 Å². The Morgan fingerprint density at radius 3 is 2.07 bits per heavy atom. The largest absolute Gasteiger partial charge is 0.497 e. The van der Waals surface area contributed by atoms with Crippen LogP contribution in [0.4, 0.5) is 0 Å². The molecule has 144 valence electrons. The van der Waals surface area contributed by atoms with Crippen molar-refractivity contribution >= 4 is 5.97 Å². The summed E-state index contributed by atoms with van der Waals surface area (Å²) >= 11 is 0. The minimum atomic E-state index is -0.935. The minimum absolute atomic E-state index is 0.474. The summed E-state index contributed by atoms with van der Waals surface area (Å²) in [6.07, 6.45) is 0.948. The molecule has 0 amide bonds. The molecule has 1 aliphatic rings. The number of nitrogens with zero attached hydrogens (tertiary/aromatic N) is 1. The van der Waals surface area contributed by atoms with E-state index in [-0.39, 0.29) is 0 Å². The lowest BCUT2D eigenvalue weighted by Crippen LogP contribution is -2.45. The van der Waals surface area contributed by atoms with E-state index in [9.17, 15) is 15.0 Å². The van der Waals surface area contributed by atoms with Gasteiger partial charge in [0.05, 0.1) is 19.8 Å². The Kier molecular flexibility index (Phi) is 5.68. The Labute approximate surface area is 159 Å². The summed E-state index contributed by atoms with van der Waals surface area (Å²) < 4.78 is 10.5. The highest BCUT2D eigenvalue weighted by Gasteiger charge is 2.38. The van der Waals surface area contributed by atoms with Gasteiger partial charge in [-0.05, 0) is 36.1 Å². The Morgan fingerprint density at radius 2 is 1.59 bits per heavy atom. The number of carboxylic acid groups (broad SMARTS) is 1. The number of hydrogen-bond donors (Lipinski definition) is 2. The first-order valence-corrected chi connectivity index (χ1v) is 8.94. The highest BCUT2D eigenvalue weighted by molar-refractivity contribution is 5.76. The summed E-state index contributed by atoms with van der Waals surface area (Å²) in [7, 11) is 3.07. The number of methoxy groups -OCH3 is 2. The van der Waals surface area contributed by atoms with Crippen LogP contribution < -0.4 is 9.47 Å². The van der Waals surface area contributed by atoms with Gasteiger partial charge in [-0.25, -0.2) is 0 Å². The molecule has 1 atom stereocenters. The molecule has 0 aliphatic carbocycles. The Bertz CT molecular complexity index is 762. The fourth-order valence-electron chi connectivity index (χ4n) is 3.69. The number of carbonyl (C=O) groups is 1. The molecule has 0 bridgehead atoms. The van der Waals surface area contributed by atoms with Gasteiger partial charge in [-0.15, -0.1) is 0 Å². The molecule has 0 aromatic heterocycles. The molecule has 1 saturated heterocycles. The molecule has 2 N–H and O–H groups in total. The van der Waals surface area contributed by atoms with Crippen LogP contribution in [-0.2, 0) is 10.4 Å². The van der Waals surface area contributed by atoms with E-state index in [1.54, 1.807) is 18.2 Å². The van der Waals surface area contributed by atoms with Crippen molar-refractivity contribution < 1.29 is 24.5 Å². The zero-order valence-corrected chi connectivity index (χ0v) is 15.6. The molecule has 1 fully saturated rings. The van der Waals surface area contributed by atoms with Crippen LogP contribution in [0.1, 0.15) is 30.0 Å². The van der Waals surface area contributed by atoms with Gasteiger partial charge < -0.3 is 19.7 Å². The lowest BCUT2D eigenvalue weighted by atomic mass is 9.83. The van der Waals surface area contributed by atoms with Gasteiger partial charge in [0.15, 0.2) is 0 Å². The summed E-state index contributed by atoms with van der Waals surface area (Å²) in [6.45, 7) is 0.948. The lowest BCUT2D eigenvalue weighted by molar-refractivity contribution is -0.146. The van der Waals surface area contributed by atoms with Gasteiger partial charge in [-0.3, -0.25) is 9.69 Å². The highest BCUT2D eigenvalue weighted by atomic mass is 16.5. The molecule has 0 spiro atoms. The van der Waals surface area contributed by atoms with Crippen LogP contribution in [-0.4, -0.2) is 48.4 Å². The molecule has 6 heteroatoms. The number of piperidine rings is 1. The standard InChI is InChI=1S/C21H25NO5/c1-26-17-12-15(13-18(14-17)27-2)19(20(23)24)22-10-8-21(25,9-11-22)16-6-4-3-5-7-16/h3-7,12-14,19,25H,8-11H2,1-2H3,(H,23,24)/t19-/m1/s1. The maximum Gasteiger partial charge on any atom is 0.325 e. The first-order valence-electron chi connectivity index (χ1n) is 8.94. The number of ether oxygens (including phenoxy) is 2. The van der Waals surface area contributed by atoms with Crippen LogP contribution in [0, 0.1) is 0 Å². The predicted molar refractivity (Wildman–Crippen MR) is 101 cm³/mol. The number of aliphatic carboxylic acids is 1. The van der Waals surface area contributed by atoms with E-state index in [0.29, 0.717) is 43.0 Å². The number of rotatable bonds is 6. The van der Waals surface area contributed by atoms with Crippen molar-refractivity contribution in [2.45, 2.75) is 24.5 Å². The third kappa shape index (κ3) is 4.07. The molecule has 0 radical (unpaired) electrons. The number of benzene rings is 2. The monoisotopic (exact) mass is 371 g/mol. The molecule has 0 unspecified atom stereocenters. The lowest BCUT2D eigenvalue weighted by Gasteiger charge is -2.41. The van der Waals surface area contributed by atoms with Crippen molar-refractivity contribution in [2.24, 2.45) is 0 Å². The topological polar surface area (TPSA) is 79.2 Å². The molecule has 0 saturated carbocycles. The molecule has 3 rings (SSSR count). The van der Waals surface area contributed by atoms with Crippen molar-refractivity contribution in [3.8, 4) is 11.5 Å². The van der Waals surface area contributed by atoms with Gasteiger partial charge in [0.1, 0.15) is 17.5 Å².